The molecular formula is C17H24FIN6O2S. The van der Waals surface area contributed by atoms with Crippen LogP contribution in [0.1, 0.15) is 18.1 Å². The van der Waals surface area contributed by atoms with Crippen molar-refractivity contribution in [2.75, 3.05) is 19.3 Å². The van der Waals surface area contributed by atoms with Gasteiger partial charge in [-0.3, -0.25) is 14.8 Å². The number of guanidine groups is 1. The molecule has 0 saturated carbocycles. The lowest BCUT2D eigenvalue weighted by molar-refractivity contribution is -0.385. The van der Waals surface area contributed by atoms with Crippen molar-refractivity contribution < 1.29 is 9.31 Å². The topological polar surface area (TPSA) is 97.4 Å². The van der Waals surface area contributed by atoms with E-state index in [4.69, 9.17) is 0 Å². The van der Waals surface area contributed by atoms with Crippen molar-refractivity contribution in [3.8, 4) is 0 Å². The van der Waals surface area contributed by atoms with Gasteiger partial charge in [-0.15, -0.1) is 24.0 Å². The van der Waals surface area contributed by atoms with E-state index < -0.39 is 4.92 Å². The van der Waals surface area contributed by atoms with Crippen LogP contribution in [0.25, 0.3) is 0 Å². The Labute approximate surface area is 184 Å². The Bertz CT molecular complexity index is 802. The van der Waals surface area contributed by atoms with Gasteiger partial charge in [-0.05, 0) is 36.4 Å². The number of nitrogens with zero attached hydrogens (tertiary/aromatic N) is 4. The SMILES string of the molecule is CCNC(=NCc1ccc(F)cc1CSC)NCCn1cc([N+](=O)[O-])cn1.I. The van der Waals surface area contributed by atoms with E-state index in [1.807, 2.05) is 13.2 Å². The summed E-state index contributed by atoms with van der Waals surface area (Å²) >= 11 is 1.63. The minimum atomic E-state index is -0.475. The summed E-state index contributed by atoms with van der Waals surface area (Å²) < 4.78 is 15.0. The van der Waals surface area contributed by atoms with Crippen LogP contribution in [0.15, 0.2) is 35.6 Å². The molecule has 1 aromatic heterocycles. The van der Waals surface area contributed by atoms with Gasteiger partial charge in [-0.2, -0.15) is 16.9 Å². The lowest BCUT2D eigenvalue weighted by Crippen LogP contribution is -2.38. The van der Waals surface area contributed by atoms with Crippen LogP contribution in [0.5, 0.6) is 0 Å². The van der Waals surface area contributed by atoms with E-state index in [2.05, 4.69) is 20.7 Å². The molecule has 0 aliphatic rings. The van der Waals surface area contributed by atoms with Crippen molar-refractivity contribution in [1.29, 1.82) is 0 Å². The van der Waals surface area contributed by atoms with E-state index in [1.165, 1.54) is 23.1 Å². The second kappa shape index (κ2) is 12.5. The van der Waals surface area contributed by atoms with Crippen LogP contribution in [0.3, 0.4) is 0 Å². The Kier molecular flexibility index (Phi) is 10.8. The number of aliphatic imine (C=N–C) groups is 1. The summed E-state index contributed by atoms with van der Waals surface area (Å²) in [5.74, 6) is 1.11. The van der Waals surface area contributed by atoms with Crippen LogP contribution >= 0.6 is 35.7 Å². The molecule has 2 rings (SSSR count). The van der Waals surface area contributed by atoms with Crippen LogP contribution in [0.4, 0.5) is 10.1 Å². The summed E-state index contributed by atoms with van der Waals surface area (Å²) in [4.78, 5) is 14.7. The highest BCUT2D eigenvalue weighted by Gasteiger charge is 2.08. The Balaban J connectivity index is 0.00000392. The van der Waals surface area contributed by atoms with E-state index in [-0.39, 0.29) is 35.5 Å². The van der Waals surface area contributed by atoms with Crippen LogP contribution in [-0.4, -0.2) is 40.0 Å². The van der Waals surface area contributed by atoms with Crippen LogP contribution in [0, 0.1) is 15.9 Å². The predicted molar refractivity (Wildman–Crippen MR) is 121 cm³/mol. The summed E-state index contributed by atoms with van der Waals surface area (Å²) in [6, 6.07) is 4.75. The molecule has 2 N–H and O–H groups in total. The summed E-state index contributed by atoms with van der Waals surface area (Å²) in [6.07, 6.45) is 4.59. The quantitative estimate of drug-likeness (QED) is 0.173. The first-order valence-corrected chi connectivity index (χ1v) is 9.88. The maximum absolute atomic E-state index is 13.4. The molecule has 0 radical (unpaired) electrons. The lowest BCUT2D eigenvalue weighted by Gasteiger charge is -2.12. The Morgan fingerprint density at radius 1 is 1.39 bits per heavy atom. The van der Waals surface area contributed by atoms with Gasteiger partial charge in [0, 0.05) is 18.8 Å². The third-order valence-corrected chi connectivity index (χ3v) is 4.28. The summed E-state index contributed by atoms with van der Waals surface area (Å²) in [7, 11) is 0. The summed E-state index contributed by atoms with van der Waals surface area (Å²) in [5, 5.41) is 20.9. The molecular weight excluding hydrogens is 498 g/mol. The number of halogens is 2. The number of aromatic nitrogens is 2. The fraction of sp³-hybridized carbons (Fsp3) is 0.412. The molecule has 154 valence electrons. The average Bonchev–Trinajstić information content (AvgIpc) is 3.10. The molecule has 0 aliphatic heterocycles. The van der Waals surface area contributed by atoms with Crippen molar-refractivity contribution in [2.45, 2.75) is 25.8 Å². The normalized spacial score (nSPS) is 11.0. The highest BCUT2D eigenvalue weighted by Crippen LogP contribution is 2.17. The number of thioether (sulfide) groups is 1. The molecule has 0 bridgehead atoms. The van der Waals surface area contributed by atoms with Gasteiger partial charge in [0.05, 0.1) is 18.0 Å². The van der Waals surface area contributed by atoms with E-state index in [1.54, 1.807) is 23.9 Å². The van der Waals surface area contributed by atoms with Crippen LogP contribution in [-0.2, 0) is 18.8 Å². The highest BCUT2D eigenvalue weighted by atomic mass is 127. The lowest BCUT2D eigenvalue weighted by atomic mass is 10.1. The zero-order chi connectivity index (χ0) is 19.6. The third-order valence-electron chi connectivity index (χ3n) is 3.68. The molecule has 2 aromatic rings. The molecule has 0 amide bonds. The van der Waals surface area contributed by atoms with Gasteiger partial charge in [-0.1, -0.05) is 6.07 Å². The minimum absolute atomic E-state index is 0. The minimum Gasteiger partial charge on any atom is -0.357 e. The first-order valence-electron chi connectivity index (χ1n) is 8.48. The summed E-state index contributed by atoms with van der Waals surface area (Å²) in [6.45, 7) is 4.06. The molecule has 0 fully saturated rings. The van der Waals surface area contributed by atoms with Crippen molar-refractivity contribution in [2.24, 2.45) is 4.99 Å². The zero-order valence-electron chi connectivity index (χ0n) is 15.7. The molecule has 1 aromatic carbocycles. The van der Waals surface area contributed by atoms with Crippen molar-refractivity contribution >= 4 is 47.4 Å². The average molecular weight is 522 g/mol. The molecule has 0 atom stereocenters. The van der Waals surface area contributed by atoms with Gasteiger partial charge < -0.3 is 10.6 Å². The van der Waals surface area contributed by atoms with Gasteiger partial charge in [-0.25, -0.2) is 9.38 Å². The molecule has 8 nitrogen and oxygen atoms in total. The molecule has 28 heavy (non-hydrogen) atoms. The molecule has 0 unspecified atom stereocenters. The van der Waals surface area contributed by atoms with Crippen LogP contribution < -0.4 is 10.6 Å². The second-order valence-corrected chi connectivity index (χ2v) is 6.55. The van der Waals surface area contributed by atoms with E-state index in [0.29, 0.717) is 32.1 Å². The monoisotopic (exact) mass is 522 g/mol. The van der Waals surface area contributed by atoms with Crippen molar-refractivity contribution in [3.63, 3.8) is 0 Å². The number of hydrogen-bond donors (Lipinski definition) is 2. The predicted octanol–water partition coefficient (Wildman–Crippen LogP) is 3.17. The molecule has 0 spiro atoms. The zero-order valence-corrected chi connectivity index (χ0v) is 18.9. The van der Waals surface area contributed by atoms with Crippen molar-refractivity contribution in [3.05, 3.63) is 57.7 Å². The van der Waals surface area contributed by atoms with Gasteiger partial charge in [0.1, 0.15) is 18.2 Å². The van der Waals surface area contributed by atoms with E-state index in [9.17, 15) is 14.5 Å². The maximum atomic E-state index is 13.4. The van der Waals surface area contributed by atoms with Gasteiger partial charge in [0.25, 0.3) is 0 Å². The molecule has 0 saturated heterocycles. The van der Waals surface area contributed by atoms with Crippen molar-refractivity contribution in [1.82, 2.24) is 20.4 Å². The number of hydrogen-bond acceptors (Lipinski definition) is 5. The van der Waals surface area contributed by atoms with Gasteiger partial charge in [0.15, 0.2) is 5.96 Å². The Hall–Kier alpha value is -1.89. The maximum Gasteiger partial charge on any atom is 0.306 e. The van der Waals surface area contributed by atoms with E-state index >= 15 is 0 Å². The van der Waals surface area contributed by atoms with Gasteiger partial charge >= 0.3 is 5.69 Å². The summed E-state index contributed by atoms with van der Waals surface area (Å²) in [5.41, 5.74) is 1.88. The molecule has 1 heterocycles. The Morgan fingerprint density at radius 3 is 2.82 bits per heavy atom. The fourth-order valence-corrected chi connectivity index (χ4v) is 2.98. The first kappa shape index (κ1) is 24.1. The Morgan fingerprint density at radius 2 is 2.18 bits per heavy atom. The largest absolute Gasteiger partial charge is 0.357 e. The molecule has 11 heteroatoms. The number of benzene rings is 1. The second-order valence-electron chi connectivity index (χ2n) is 5.69. The highest BCUT2D eigenvalue weighted by molar-refractivity contribution is 14.0. The number of nitrogens with one attached hydrogen (secondary N) is 2. The number of nitro groups is 1. The van der Waals surface area contributed by atoms with Crippen LogP contribution in [0.2, 0.25) is 0 Å². The molecule has 0 aliphatic carbocycles. The smallest absolute Gasteiger partial charge is 0.306 e. The van der Waals surface area contributed by atoms with Gasteiger partial charge in [0.2, 0.25) is 0 Å². The number of rotatable bonds is 9. The van der Waals surface area contributed by atoms with E-state index in [0.717, 1.165) is 16.9 Å². The third kappa shape index (κ3) is 7.62. The first-order chi connectivity index (χ1) is 13.0. The fourth-order valence-electron chi connectivity index (χ4n) is 2.40. The standard InChI is InChI=1S/C17H23FN6O2S.HI/c1-3-19-17(20-6-7-23-11-16(10-22-23)24(25)26)21-9-13-4-5-15(18)8-14(13)12-27-2;/h4-5,8,10-11H,3,6-7,9,12H2,1-2H3,(H2,19,20,21);1H.